The zero-order chi connectivity index (χ0) is 11.6. The highest BCUT2D eigenvalue weighted by Crippen LogP contribution is 2.22. The van der Waals surface area contributed by atoms with Crippen molar-refractivity contribution in [1.82, 2.24) is 9.97 Å². The molecule has 2 heterocycles. The smallest absolute Gasteiger partial charge is 0.218 e. The molecule has 0 unspecified atom stereocenters. The highest BCUT2D eigenvalue weighted by molar-refractivity contribution is 5.30. The van der Waals surface area contributed by atoms with Crippen molar-refractivity contribution in [3.8, 4) is 5.88 Å². The van der Waals surface area contributed by atoms with Gasteiger partial charge in [-0.05, 0) is 13.8 Å². The van der Waals surface area contributed by atoms with Crippen molar-refractivity contribution in [2.75, 3.05) is 18.9 Å². The van der Waals surface area contributed by atoms with Crippen molar-refractivity contribution < 1.29 is 14.2 Å². The number of anilines is 1. The fourth-order valence-electron chi connectivity index (χ4n) is 1.46. The van der Waals surface area contributed by atoms with E-state index in [0.717, 1.165) is 0 Å². The lowest BCUT2D eigenvalue weighted by Gasteiger charge is -2.17. The van der Waals surface area contributed by atoms with Gasteiger partial charge in [-0.25, -0.2) is 9.97 Å². The second kappa shape index (κ2) is 4.23. The third-order valence-corrected chi connectivity index (χ3v) is 2.15. The molecule has 6 heteroatoms. The Morgan fingerprint density at radius 2 is 2.38 bits per heavy atom. The monoisotopic (exact) mass is 225 g/mol. The SMILES string of the molecule is CC1(C)OC[C@H](COc2cc(N)ncn2)O1. The first-order chi connectivity index (χ1) is 7.55. The van der Waals surface area contributed by atoms with Crippen molar-refractivity contribution in [3.05, 3.63) is 12.4 Å². The van der Waals surface area contributed by atoms with Gasteiger partial charge in [0.25, 0.3) is 0 Å². The molecule has 1 aromatic rings. The first-order valence-corrected chi connectivity index (χ1v) is 5.07. The predicted molar refractivity (Wildman–Crippen MR) is 56.8 cm³/mol. The number of hydrogen-bond donors (Lipinski definition) is 1. The van der Waals surface area contributed by atoms with Crippen LogP contribution in [0.5, 0.6) is 5.88 Å². The Morgan fingerprint density at radius 3 is 3.00 bits per heavy atom. The maximum absolute atomic E-state index is 5.58. The van der Waals surface area contributed by atoms with Crippen molar-refractivity contribution in [1.29, 1.82) is 0 Å². The summed E-state index contributed by atoms with van der Waals surface area (Å²) in [5, 5.41) is 0. The number of rotatable bonds is 3. The first-order valence-electron chi connectivity index (χ1n) is 5.07. The van der Waals surface area contributed by atoms with Crippen LogP contribution in [0.25, 0.3) is 0 Å². The van der Waals surface area contributed by atoms with Gasteiger partial charge in [0.15, 0.2) is 5.79 Å². The first kappa shape index (κ1) is 11.1. The fraction of sp³-hybridized carbons (Fsp3) is 0.600. The Bertz CT molecular complexity index is 370. The van der Waals surface area contributed by atoms with Crippen molar-refractivity contribution in [3.63, 3.8) is 0 Å². The lowest BCUT2D eigenvalue weighted by atomic mass is 10.4. The Labute approximate surface area is 93.7 Å². The molecule has 0 aliphatic carbocycles. The molecule has 1 atom stereocenters. The average Bonchev–Trinajstić information content (AvgIpc) is 2.56. The Balaban J connectivity index is 1.84. The standard InChI is InChI=1S/C10H15N3O3/c1-10(2)15-5-7(16-10)4-14-9-3-8(11)12-6-13-9/h3,6-7H,4-5H2,1-2H3,(H2,11,12,13)/t7-/m0/s1. The van der Waals surface area contributed by atoms with Crippen molar-refractivity contribution >= 4 is 5.82 Å². The molecule has 2 rings (SSSR count). The molecule has 1 aliphatic rings. The van der Waals surface area contributed by atoms with Gasteiger partial charge in [0.1, 0.15) is 24.9 Å². The molecule has 0 bridgehead atoms. The van der Waals surface area contributed by atoms with Crippen LogP contribution < -0.4 is 10.5 Å². The van der Waals surface area contributed by atoms with Crippen LogP contribution in [0.3, 0.4) is 0 Å². The molecule has 1 aliphatic heterocycles. The quantitative estimate of drug-likeness (QED) is 0.811. The van der Waals surface area contributed by atoms with E-state index < -0.39 is 5.79 Å². The molecule has 2 N–H and O–H groups in total. The Kier molecular flexibility index (Phi) is 2.93. The molecule has 0 saturated carbocycles. The number of nitrogen functional groups attached to an aromatic ring is 1. The van der Waals surface area contributed by atoms with Gasteiger partial charge < -0.3 is 19.9 Å². The number of ether oxygens (including phenoxy) is 3. The van der Waals surface area contributed by atoms with E-state index in [4.69, 9.17) is 19.9 Å². The zero-order valence-corrected chi connectivity index (χ0v) is 9.34. The van der Waals surface area contributed by atoms with Gasteiger partial charge in [0.2, 0.25) is 5.88 Å². The highest BCUT2D eigenvalue weighted by atomic mass is 16.7. The fourth-order valence-corrected chi connectivity index (χ4v) is 1.46. The van der Waals surface area contributed by atoms with Gasteiger partial charge >= 0.3 is 0 Å². The van der Waals surface area contributed by atoms with Gasteiger partial charge in [-0.2, -0.15) is 0 Å². The second-order valence-corrected chi connectivity index (χ2v) is 4.04. The van der Waals surface area contributed by atoms with E-state index in [1.807, 2.05) is 13.8 Å². The van der Waals surface area contributed by atoms with E-state index in [2.05, 4.69) is 9.97 Å². The van der Waals surface area contributed by atoms with E-state index in [9.17, 15) is 0 Å². The van der Waals surface area contributed by atoms with E-state index in [-0.39, 0.29) is 6.10 Å². The van der Waals surface area contributed by atoms with Crippen LogP contribution in [0.1, 0.15) is 13.8 Å². The van der Waals surface area contributed by atoms with E-state index in [1.165, 1.54) is 6.33 Å². The van der Waals surface area contributed by atoms with Gasteiger partial charge in [-0.1, -0.05) is 0 Å². The average molecular weight is 225 g/mol. The van der Waals surface area contributed by atoms with E-state index in [0.29, 0.717) is 24.9 Å². The summed E-state index contributed by atoms with van der Waals surface area (Å²) in [7, 11) is 0. The molecule has 1 fully saturated rings. The van der Waals surface area contributed by atoms with E-state index in [1.54, 1.807) is 6.07 Å². The van der Waals surface area contributed by atoms with Gasteiger partial charge in [-0.3, -0.25) is 0 Å². The third-order valence-electron chi connectivity index (χ3n) is 2.15. The van der Waals surface area contributed by atoms with Crippen LogP contribution in [0.15, 0.2) is 12.4 Å². The molecule has 0 radical (unpaired) electrons. The molecular weight excluding hydrogens is 210 g/mol. The maximum Gasteiger partial charge on any atom is 0.218 e. The van der Waals surface area contributed by atoms with Gasteiger partial charge in [-0.15, -0.1) is 0 Å². The largest absolute Gasteiger partial charge is 0.475 e. The third kappa shape index (κ3) is 2.80. The van der Waals surface area contributed by atoms with E-state index >= 15 is 0 Å². The molecule has 0 spiro atoms. The van der Waals surface area contributed by atoms with Crippen LogP contribution in [-0.2, 0) is 9.47 Å². The van der Waals surface area contributed by atoms with Crippen LogP contribution in [-0.4, -0.2) is 35.1 Å². The predicted octanol–water partition coefficient (Wildman–Crippen LogP) is 0.589. The maximum atomic E-state index is 5.58. The second-order valence-electron chi connectivity index (χ2n) is 4.04. The number of nitrogens with two attached hydrogens (primary N) is 1. The number of aromatic nitrogens is 2. The molecule has 1 aromatic heterocycles. The minimum absolute atomic E-state index is 0.0776. The van der Waals surface area contributed by atoms with Crippen molar-refractivity contribution in [2.45, 2.75) is 25.7 Å². The highest BCUT2D eigenvalue weighted by Gasteiger charge is 2.32. The molecule has 88 valence electrons. The normalized spacial score (nSPS) is 23.2. The molecule has 0 amide bonds. The Hall–Kier alpha value is -1.40. The molecule has 0 aromatic carbocycles. The van der Waals surface area contributed by atoms with Gasteiger partial charge in [0.05, 0.1) is 6.61 Å². The van der Waals surface area contributed by atoms with Gasteiger partial charge in [0, 0.05) is 6.07 Å². The summed E-state index contributed by atoms with van der Waals surface area (Å²) in [6, 6.07) is 1.57. The molecule has 1 saturated heterocycles. The summed E-state index contributed by atoms with van der Waals surface area (Å²) in [6.45, 7) is 4.65. The molecular formula is C10H15N3O3. The summed E-state index contributed by atoms with van der Waals surface area (Å²) in [5.74, 6) is 0.299. The molecule has 6 nitrogen and oxygen atoms in total. The number of nitrogens with zero attached hydrogens (tertiary/aromatic N) is 2. The van der Waals surface area contributed by atoms with Crippen molar-refractivity contribution in [2.24, 2.45) is 0 Å². The minimum Gasteiger partial charge on any atom is -0.475 e. The summed E-state index contributed by atoms with van der Waals surface area (Å²) in [6.07, 6.45) is 1.28. The Morgan fingerprint density at radius 1 is 1.56 bits per heavy atom. The molecule has 16 heavy (non-hydrogen) atoms. The summed E-state index contributed by atoms with van der Waals surface area (Å²) < 4.78 is 16.4. The summed E-state index contributed by atoms with van der Waals surface area (Å²) in [4.78, 5) is 7.70. The minimum atomic E-state index is -0.529. The van der Waals surface area contributed by atoms with Crippen LogP contribution in [0.4, 0.5) is 5.82 Å². The summed E-state index contributed by atoms with van der Waals surface area (Å²) in [5.41, 5.74) is 5.50. The lowest BCUT2D eigenvalue weighted by Crippen LogP contribution is -2.25. The van der Waals surface area contributed by atoms with Crippen LogP contribution in [0, 0.1) is 0 Å². The lowest BCUT2D eigenvalue weighted by molar-refractivity contribution is -0.141. The van der Waals surface area contributed by atoms with Crippen LogP contribution >= 0.6 is 0 Å². The number of hydrogen-bond acceptors (Lipinski definition) is 6. The zero-order valence-electron chi connectivity index (χ0n) is 9.34. The summed E-state index contributed by atoms with van der Waals surface area (Å²) >= 11 is 0. The van der Waals surface area contributed by atoms with Crippen LogP contribution in [0.2, 0.25) is 0 Å². The topological polar surface area (TPSA) is 79.5 Å².